The summed E-state index contributed by atoms with van der Waals surface area (Å²) in [6.45, 7) is 5.80. The van der Waals surface area contributed by atoms with Crippen LogP contribution in [0.15, 0.2) is 55.1 Å². The van der Waals surface area contributed by atoms with Gasteiger partial charge in [0.25, 0.3) is 0 Å². The number of carbonyl (C=O) groups is 1. The molecule has 0 saturated heterocycles. The third-order valence-electron chi connectivity index (χ3n) is 2.85. The second-order valence-electron chi connectivity index (χ2n) is 4.32. The molecule has 0 N–H and O–H groups in total. The van der Waals surface area contributed by atoms with Crippen LogP contribution in [0.3, 0.4) is 0 Å². The zero-order valence-corrected chi connectivity index (χ0v) is 10.9. The summed E-state index contributed by atoms with van der Waals surface area (Å²) in [5, 5.41) is 0. The smallest absolute Gasteiger partial charge is 0.159 e. The predicted molar refractivity (Wildman–Crippen MR) is 77.3 cm³/mol. The lowest BCUT2D eigenvalue weighted by atomic mass is 10.1. The van der Waals surface area contributed by atoms with Gasteiger partial charge in [0.2, 0.25) is 0 Å². The van der Waals surface area contributed by atoms with Gasteiger partial charge in [-0.15, -0.1) is 0 Å². The Kier molecular flexibility index (Phi) is 4.14. The summed E-state index contributed by atoms with van der Waals surface area (Å²) in [5.41, 5.74) is 2.86. The Labute approximate surface area is 113 Å². The number of benzene rings is 2. The van der Waals surface area contributed by atoms with E-state index < -0.39 is 0 Å². The monoisotopic (exact) mass is 252 g/mol. The standard InChI is InChI=1S/C17H16O2/c1-3-14-5-4-6-15(11-14)12-19-17-9-7-16(8-10-17)13(2)18/h3-11H,1,12H2,2H3. The Balaban J connectivity index is 2.01. The molecule has 2 heteroatoms. The topological polar surface area (TPSA) is 26.3 Å². The first-order chi connectivity index (χ1) is 9.19. The number of rotatable bonds is 5. The molecular weight excluding hydrogens is 236 g/mol. The molecule has 19 heavy (non-hydrogen) atoms. The first-order valence-corrected chi connectivity index (χ1v) is 6.14. The molecule has 0 amide bonds. The molecule has 0 bridgehead atoms. The molecule has 0 saturated carbocycles. The van der Waals surface area contributed by atoms with Crippen molar-refractivity contribution in [2.75, 3.05) is 0 Å². The molecule has 96 valence electrons. The molecule has 0 fully saturated rings. The minimum atomic E-state index is 0.0604. The molecule has 2 aromatic rings. The Morgan fingerprint density at radius 3 is 2.58 bits per heavy atom. The van der Waals surface area contributed by atoms with Gasteiger partial charge in [0, 0.05) is 5.56 Å². The van der Waals surface area contributed by atoms with Gasteiger partial charge in [0.05, 0.1) is 0 Å². The molecule has 0 aromatic heterocycles. The Morgan fingerprint density at radius 1 is 1.21 bits per heavy atom. The zero-order chi connectivity index (χ0) is 13.7. The lowest BCUT2D eigenvalue weighted by molar-refractivity contribution is 0.101. The van der Waals surface area contributed by atoms with Gasteiger partial charge in [-0.1, -0.05) is 30.9 Å². The van der Waals surface area contributed by atoms with Crippen molar-refractivity contribution < 1.29 is 9.53 Å². The summed E-state index contributed by atoms with van der Waals surface area (Å²) in [6, 6.07) is 15.2. The highest BCUT2D eigenvalue weighted by atomic mass is 16.5. The number of ether oxygens (including phenoxy) is 1. The van der Waals surface area contributed by atoms with Crippen LogP contribution in [-0.2, 0) is 6.61 Å². The fraction of sp³-hybridized carbons (Fsp3) is 0.118. The van der Waals surface area contributed by atoms with Gasteiger partial charge < -0.3 is 4.74 Å². The third-order valence-corrected chi connectivity index (χ3v) is 2.85. The molecule has 0 aliphatic heterocycles. The fourth-order valence-electron chi connectivity index (χ4n) is 1.76. The summed E-state index contributed by atoms with van der Waals surface area (Å²) in [5.74, 6) is 0.819. The average molecular weight is 252 g/mol. The Hall–Kier alpha value is -2.35. The van der Waals surface area contributed by atoms with Crippen LogP contribution < -0.4 is 4.74 Å². The van der Waals surface area contributed by atoms with Crippen LogP contribution in [-0.4, -0.2) is 5.78 Å². The van der Waals surface area contributed by atoms with Gasteiger partial charge in [-0.25, -0.2) is 0 Å². The fourth-order valence-corrected chi connectivity index (χ4v) is 1.76. The molecule has 2 aromatic carbocycles. The first kappa shape index (κ1) is 13.1. The highest BCUT2D eigenvalue weighted by Crippen LogP contribution is 2.15. The van der Waals surface area contributed by atoms with Crippen LogP contribution >= 0.6 is 0 Å². The van der Waals surface area contributed by atoms with E-state index in [1.807, 2.05) is 42.5 Å². The highest BCUT2D eigenvalue weighted by molar-refractivity contribution is 5.94. The maximum absolute atomic E-state index is 11.2. The second-order valence-corrected chi connectivity index (χ2v) is 4.32. The summed E-state index contributed by atoms with van der Waals surface area (Å²) in [4.78, 5) is 11.2. The minimum absolute atomic E-state index is 0.0604. The number of ketones is 1. The van der Waals surface area contributed by atoms with Gasteiger partial charge in [-0.2, -0.15) is 0 Å². The van der Waals surface area contributed by atoms with Crippen LogP contribution in [0.4, 0.5) is 0 Å². The van der Waals surface area contributed by atoms with Gasteiger partial charge >= 0.3 is 0 Å². The van der Waals surface area contributed by atoms with Crippen LogP contribution in [0.1, 0.15) is 28.4 Å². The van der Waals surface area contributed by atoms with Crippen LogP contribution in [0, 0.1) is 0 Å². The van der Waals surface area contributed by atoms with Crippen LogP contribution in [0.25, 0.3) is 6.08 Å². The molecule has 0 aliphatic carbocycles. The second kappa shape index (κ2) is 6.01. The quantitative estimate of drug-likeness (QED) is 0.748. The molecule has 0 aliphatic rings. The lowest BCUT2D eigenvalue weighted by Gasteiger charge is -2.07. The van der Waals surface area contributed by atoms with E-state index in [2.05, 4.69) is 6.58 Å². The number of hydrogen-bond acceptors (Lipinski definition) is 2. The molecular formula is C17H16O2. The molecule has 0 atom stereocenters. The van der Waals surface area contributed by atoms with E-state index in [1.54, 1.807) is 19.1 Å². The molecule has 2 nitrogen and oxygen atoms in total. The summed E-state index contributed by atoms with van der Waals surface area (Å²) in [7, 11) is 0. The molecule has 0 heterocycles. The van der Waals surface area contributed by atoms with E-state index in [9.17, 15) is 4.79 Å². The number of carbonyl (C=O) groups excluding carboxylic acids is 1. The van der Waals surface area contributed by atoms with E-state index in [1.165, 1.54) is 0 Å². The van der Waals surface area contributed by atoms with Crippen LogP contribution in [0.2, 0.25) is 0 Å². The predicted octanol–water partition coefficient (Wildman–Crippen LogP) is 4.11. The summed E-state index contributed by atoms with van der Waals surface area (Å²) in [6.07, 6.45) is 1.81. The van der Waals surface area contributed by atoms with Crippen molar-refractivity contribution in [1.29, 1.82) is 0 Å². The summed E-state index contributed by atoms with van der Waals surface area (Å²) < 4.78 is 5.68. The molecule has 0 spiro atoms. The van der Waals surface area contributed by atoms with Crippen molar-refractivity contribution >= 4 is 11.9 Å². The van der Waals surface area contributed by atoms with Crippen molar-refractivity contribution in [3.05, 3.63) is 71.8 Å². The van der Waals surface area contributed by atoms with E-state index in [0.29, 0.717) is 12.2 Å². The van der Waals surface area contributed by atoms with E-state index in [-0.39, 0.29) is 5.78 Å². The molecule has 2 rings (SSSR count). The van der Waals surface area contributed by atoms with E-state index in [4.69, 9.17) is 4.74 Å². The minimum Gasteiger partial charge on any atom is -0.489 e. The maximum Gasteiger partial charge on any atom is 0.159 e. The lowest BCUT2D eigenvalue weighted by Crippen LogP contribution is -1.97. The normalized spacial score (nSPS) is 9.95. The zero-order valence-electron chi connectivity index (χ0n) is 10.9. The van der Waals surface area contributed by atoms with Gasteiger partial charge in [-0.3, -0.25) is 4.79 Å². The van der Waals surface area contributed by atoms with Gasteiger partial charge in [0.15, 0.2) is 5.78 Å². The van der Waals surface area contributed by atoms with E-state index >= 15 is 0 Å². The average Bonchev–Trinajstić information content (AvgIpc) is 2.46. The number of Topliss-reactive ketones (excluding diaryl/α,β-unsaturated/α-hetero) is 1. The maximum atomic E-state index is 11.2. The number of hydrogen-bond donors (Lipinski definition) is 0. The largest absolute Gasteiger partial charge is 0.489 e. The third kappa shape index (κ3) is 3.55. The summed E-state index contributed by atoms with van der Waals surface area (Å²) >= 11 is 0. The first-order valence-electron chi connectivity index (χ1n) is 6.14. The Bertz CT molecular complexity index is 582. The van der Waals surface area contributed by atoms with Crippen molar-refractivity contribution in [2.24, 2.45) is 0 Å². The van der Waals surface area contributed by atoms with Gasteiger partial charge in [0.1, 0.15) is 12.4 Å². The van der Waals surface area contributed by atoms with Gasteiger partial charge in [-0.05, 0) is 48.4 Å². The molecule has 0 unspecified atom stereocenters. The molecule has 0 radical (unpaired) electrons. The Morgan fingerprint density at radius 2 is 1.95 bits per heavy atom. The SMILES string of the molecule is C=Cc1cccc(COc2ccc(C(C)=O)cc2)c1. The highest BCUT2D eigenvalue weighted by Gasteiger charge is 2.00. The van der Waals surface area contributed by atoms with Crippen molar-refractivity contribution in [2.45, 2.75) is 13.5 Å². The van der Waals surface area contributed by atoms with E-state index in [0.717, 1.165) is 16.9 Å². The van der Waals surface area contributed by atoms with Crippen molar-refractivity contribution in [3.63, 3.8) is 0 Å². The van der Waals surface area contributed by atoms with Crippen LogP contribution in [0.5, 0.6) is 5.75 Å². The van der Waals surface area contributed by atoms with Crippen molar-refractivity contribution in [3.8, 4) is 5.75 Å². The van der Waals surface area contributed by atoms with Crippen molar-refractivity contribution in [1.82, 2.24) is 0 Å².